The molecule has 0 aliphatic rings. The van der Waals surface area contributed by atoms with Crippen molar-refractivity contribution in [2.75, 3.05) is 0 Å². The molecule has 4 aromatic heterocycles. The van der Waals surface area contributed by atoms with Gasteiger partial charge in [-0.1, -0.05) is 121 Å². The fourth-order valence-corrected chi connectivity index (χ4v) is 7.86. The molecule has 0 fully saturated rings. The van der Waals surface area contributed by atoms with Crippen LogP contribution in [0.1, 0.15) is 0 Å². The lowest BCUT2D eigenvalue weighted by atomic mass is 9.96. The summed E-state index contributed by atoms with van der Waals surface area (Å²) >= 11 is 0. The summed E-state index contributed by atoms with van der Waals surface area (Å²) in [7, 11) is 0. The number of nitrogens with zero attached hydrogens (tertiary/aromatic N) is 5. The van der Waals surface area contributed by atoms with Gasteiger partial charge in [-0.3, -0.25) is 0 Å². The van der Waals surface area contributed by atoms with Crippen molar-refractivity contribution < 1.29 is 0 Å². The fraction of sp³-hybridized carbons (Fsp3) is 0. The summed E-state index contributed by atoms with van der Waals surface area (Å²) in [6.45, 7) is 0. The van der Waals surface area contributed by atoms with Gasteiger partial charge < -0.3 is 8.80 Å². The zero-order valence-electron chi connectivity index (χ0n) is 25.7. The van der Waals surface area contributed by atoms with E-state index in [1.54, 1.807) is 0 Å². The number of fused-ring (bicyclic) bond motifs is 12. The first-order chi connectivity index (χ1) is 23.8. The van der Waals surface area contributed by atoms with Crippen LogP contribution in [0, 0.1) is 0 Å². The summed E-state index contributed by atoms with van der Waals surface area (Å²) < 4.78 is 4.94. The Balaban J connectivity index is 1.31. The summed E-state index contributed by atoms with van der Waals surface area (Å²) in [5, 5.41) is 7.40. The molecule has 5 heteroatoms. The van der Waals surface area contributed by atoms with Gasteiger partial charge in [0.2, 0.25) is 0 Å². The smallest absolute Gasteiger partial charge is 0.164 e. The molecule has 7 aromatic carbocycles. The third-order valence-electron chi connectivity index (χ3n) is 9.85. The first-order valence-corrected chi connectivity index (χ1v) is 16.2. The van der Waals surface area contributed by atoms with Crippen molar-refractivity contribution in [3.05, 3.63) is 152 Å². The molecule has 0 N–H and O–H groups in total. The predicted octanol–water partition coefficient (Wildman–Crippen LogP) is 10.6. The van der Waals surface area contributed by atoms with Gasteiger partial charge >= 0.3 is 0 Å². The van der Waals surface area contributed by atoms with Gasteiger partial charge in [0.05, 0.1) is 33.1 Å². The summed E-state index contributed by atoms with van der Waals surface area (Å²) in [6, 6.07) is 53.4. The minimum Gasteiger partial charge on any atom is -0.305 e. The second-order valence-corrected chi connectivity index (χ2v) is 12.4. The summed E-state index contributed by atoms with van der Waals surface area (Å²) in [5.41, 5.74) is 10.2. The van der Waals surface area contributed by atoms with Crippen molar-refractivity contribution in [1.29, 1.82) is 0 Å². The molecule has 11 aromatic rings. The van der Waals surface area contributed by atoms with Gasteiger partial charge in [-0.15, -0.1) is 0 Å². The summed E-state index contributed by atoms with van der Waals surface area (Å²) in [5.74, 6) is 1.97. The van der Waals surface area contributed by atoms with Crippen LogP contribution in [-0.2, 0) is 0 Å². The molecule has 0 aliphatic heterocycles. The maximum Gasteiger partial charge on any atom is 0.164 e. The van der Waals surface area contributed by atoms with Crippen molar-refractivity contribution in [2.24, 2.45) is 0 Å². The minimum absolute atomic E-state index is 0.654. The van der Waals surface area contributed by atoms with Crippen molar-refractivity contribution in [2.45, 2.75) is 0 Å². The average Bonchev–Trinajstić information content (AvgIpc) is 3.70. The number of aromatic nitrogens is 5. The van der Waals surface area contributed by atoms with Crippen molar-refractivity contribution in [3.8, 4) is 34.2 Å². The van der Waals surface area contributed by atoms with E-state index in [1.165, 1.54) is 65.4 Å². The van der Waals surface area contributed by atoms with Gasteiger partial charge in [0.15, 0.2) is 17.5 Å². The van der Waals surface area contributed by atoms with E-state index in [4.69, 9.17) is 15.0 Å². The quantitative estimate of drug-likeness (QED) is 0.187. The highest BCUT2D eigenvalue weighted by molar-refractivity contribution is 6.37. The Morgan fingerprint density at radius 2 is 0.729 bits per heavy atom. The molecule has 0 saturated carbocycles. The Bertz CT molecular complexity index is 2980. The van der Waals surface area contributed by atoms with E-state index in [0.717, 1.165) is 16.7 Å². The monoisotopic (exact) mass is 611 g/mol. The third kappa shape index (κ3) is 3.37. The van der Waals surface area contributed by atoms with E-state index in [2.05, 4.69) is 124 Å². The Kier molecular flexibility index (Phi) is 5.05. The molecule has 0 aliphatic carbocycles. The van der Waals surface area contributed by atoms with Crippen LogP contribution in [0.15, 0.2) is 152 Å². The van der Waals surface area contributed by atoms with Gasteiger partial charge in [0.1, 0.15) is 0 Å². The highest BCUT2D eigenvalue weighted by atomic mass is 15.0. The molecule has 0 bridgehead atoms. The molecule has 11 rings (SSSR count). The van der Waals surface area contributed by atoms with Gasteiger partial charge in [0, 0.05) is 38.2 Å². The van der Waals surface area contributed by atoms with Crippen molar-refractivity contribution >= 4 is 65.4 Å². The fourth-order valence-electron chi connectivity index (χ4n) is 7.86. The number of hydrogen-bond donors (Lipinski definition) is 0. The van der Waals surface area contributed by atoms with Crippen LogP contribution in [0.25, 0.3) is 99.6 Å². The maximum atomic E-state index is 5.08. The van der Waals surface area contributed by atoms with Gasteiger partial charge in [0.25, 0.3) is 0 Å². The number of para-hydroxylation sites is 4. The van der Waals surface area contributed by atoms with Crippen LogP contribution >= 0.6 is 0 Å². The zero-order chi connectivity index (χ0) is 31.3. The SMILES string of the molecule is c1ccc(-c2nc(-c3ccccc3)nc(-c3ccc4c(c3)c3c5ccccc5n5c6ccccc6n6c7ccccc7c4c6c35)n2)cc1. The maximum absolute atomic E-state index is 5.08. The molecule has 0 spiro atoms. The average molecular weight is 612 g/mol. The Morgan fingerprint density at radius 3 is 1.25 bits per heavy atom. The van der Waals surface area contributed by atoms with E-state index >= 15 is 0 Å². The number of rotatable bonds is 3. The molecule has 0 saturated heterocycles. The lowest BCUT2D eigenvalue weighted by molar-refractivity contribution is 1.07. The highest BCUT2D eigenvalue weighted by Crippen LogP contribution is 2.47. The van der Waals surface area contributed by atoms with Crippen LogP contribution in [-0.4, -0.2) is 23.8 Å². The second kappa shape index (κ2) is 9.47. The molecule has 0 atom stereocenters. The van der Waals surface area contributed by atoms with E-state index in [0.29, 0.717) is 17.5 Å². The summed E-state index contributed by atoms with van der Waals surface area (Å²) in [6.07, 6.45) is 0. The third-order valence-corrected chi connectivity index (χ3v) is 9.85. The molecule has 222 valence electrons. The van der Waals surface area contributed by atoms with E-state index < -0.39 is 0 Å². The molecular formula is C43H25N5. The molecule has 4 heterocycles. The topological polar surface area (TPSA) is 47.5 Å². The Labute approximate surface area is 274 Å². The highest BCUT2D eigenvalue weighted by Gasteiger charge is 2.25. The predicted molar refractivity (Wildman–Crippen MR) is 197 cm³/mol. The number of benzene rings is 7. The van der Waals surface area contributed by atoms with Gasteiger partial charge in [-0.2, -0.15) is 0 Å². The molecule has 0 amide bonds. The van der Waals surface area contributed by atoms with E-state index in [-0.39, 0.29) is 0 Å². The second-order valence-electron chi connectivity index (χ2n) is 12.4. The minimum atomic E-state index is 0.654. The van der Waals surface area contributed by atoms with Gasteiger partial charge in [-0.05, 0) is 41.1 Å². The van der Waals surface area contributed by atoms with E-state index in [9.17, 15) is 0 Å². The van der Waals surface area contributed by atoms with Crippen LogP contribution in [0.3, 0.4) is 0 Å². The normalized spacial score (nSPS) is 12.2. The first-order valence-electron chi connectivity index (χ1n) is 16.2. The standard InChI is InChI=1S/C43H25N5/c1-3-13-26(14-4-1)41-44-42(27-15-5-2-6-16-27)46-43(45-41)28-23-24-29-32(25-28)38-31-18-8-10-20-34(31)48-36-22-12-11-21-35(36)47-33-19-9-7-17-30(33)37(29)39(47)40(38)48/h1-25H. The number of hydrogen-bond acceptors (Lipinski definition) is 3. The van der Waals surface area contributed by atoms with Crippen LogP contribution in [0.5, 0.6) is 0 Å². The molecule has 5 nitrogen and oxygen atoms in total. The molecule has 0 radical (unpaired) electrons. The first kappa shape index (κ1) is 25.6. The van der Waals surface area contributed by atoms with Crippen LogP contribution in [0.2, 0.25) is 0 Å². The van der Waals surface area contributed by atoms with E-state index in [1.807, 2.05) is 36.4 Å². The molecule has 0 unspecified atom stereocenters. The summed E-state index contributed by atoms with van der Waals surface area (Å²) in [4.78, 5) is 15.1. The van der Waals surface area contributed by atoms with Crippen LogP contribution < -0.4 is 0 Å². The largest absolute Gasteiger partial charge is 0.305 e. The zero-order valence-corrected chi connectivity index (χ0v) is 25.7. The Hall–Kier alpha value is -6.59. The molecular weight excluding hydrogens is 587 g/mol. The molecule has 48 heavy (non-hydrogen) atoms. The van der Waals surface area contributed by atoms with Crippen molar-refractivity contribution in [3.63, 3.8) is 0 Å². The Morgan fingerprint density at radius 1 is 0.312 bits per heavy atom. The lowest BCUT2D eigenvalue weighted by Crippen LogP contribution is -2.00. The lowest BCUT2D eigenvalue weighted by Gasteiger charge is -2.13. The van der Waals surface area contributed by atoms with Crippen LogP contribution in [0.4, 0.5) is 0 Å². The van der Waals surface area contributed by atoms with Gasteiger partial charge in [-0.25, -0.2) is 15.0 Å². The van der Waals surface area contributed by atoms with Crippen molar-refractivity contribution in [1.82, 2.24) is 23.8 Å².